The summed E-state index contributed by atoms with van der Waals surface area (Å²) in [5.74, 6) is 3.23. The summed E-state index contributed by atoms with van der Waals surface area (Å²) in [7, 11) is 0. The fraction of sp³-hybridized carbons (Fsp3) is 0.500. The zero-order valence-corrected chi connectivity index (χ0v) is 16.3. The van der Waals surface area contributed by atoms with Gasteiger partial charge in [-0.25, -0.2) is 0 Å². The number of hydrogen-bond donors (Lipinski definition) is 0. The van der Waals surface area contributed by atoms with Crippen LogP contribution in [0, 0.1) is 0 Å². The van der Waals surface area contributed by atoms with Gasteiger partial charge in [-0.1, -0.05) is 45.0 Å². The van der Waals surface area contributed by atoms with E-state index >= 15 is 0 Å². The van der Waals surface area contributed by atoms with E-state index in [4.69, 9.17) is 9.47 Å². The van der Waals surface area contributed by atoms with Crippen LogP contribution in [-0.4, -0.2) is 12.7 Å². The Morgan fingerprint density at radius 2 is 1.77 bits per heavy atom. The molecule has 2 nitrogen and oxygen atoms in total. The van der Waals surface area contributed by atoms with Crippen LogP contribution in [0.4, 0.5) is 0 Å². The van der Waals surface area contributed by atoms with E-state index in [-0.39, 0.29) is 0 Å². The van der Waals surface area contributed by atoms with Gasteiger partial charge in [-0.15, -0.1) is 0 Å². The quantitative estimate of drug-likeness (QED) is 0.671. The Morgan fingerprint density at radius 3 is 2.62 bits per heavy atom. The molecule has 4 rings (SSSR count). The molecule has 138 valence electrons. The lowest BCUT2D eigenvalue weighted by Crippen LogP contribution is -2.24. The molecule has 0 N–H and O–H groups in total. The van der Waals surface area contributed by atoms with Gasteiger partial charge in [0, 0.05) is 0 Å². The summed E-state index contributed by atoms with van der Waals surface area (Å²) in [5, 5.41) is 0. The van der Waals surface area contributed by atoms with Crippen molar-refractivity contribution in [2.24, 2.45) is 0 Å². The standard InChI is InChI=1S/C24H30O2/c1-16(2)19-7-6-18-8-10-22(26-24(18)15-19)13-17(3)20-9-11-23-21(14-20)5-4-12-25-23/h6-7,9,11,14-17,22H,4-5,8,10,12-13H2,1-3H3. The number of fused-ring (bicyclic) bond motifs is 2. The van der Waals surface area contributed by atoms with Gasteiger partial charge in [-0.05, 0) is 78.3 Å². The molecule has 0 bridgehead atoms. The van der Waals surface area contributed by atoms with E-state index in [1.165, 1.54) is 22.3 Å². The van der Waals surface area contributed by atoms with E-state index in [2.05, 4.69) is 57.2 Å². The summed E-state index contributed by atoms with van der Waals surface area (Å²) >= 11 is 0. The molecular formula is C24H30O2. The van der Waals surface area contributed by atoms with E-state index in [0.29, 0.717) is 17.9 Å². The smallest absolute Gasteiger partial charge is 0.123 e. The molecule has 2 aliphatic heterocycles. The van der Waals surface area contributed by atoms with Crippen molar-refractivity contribution in [3.63, 3.8) is 0 Å². The van der Waals surface area contributed by atoms with Crippen molar-refractivity contribution in [2.75, 3.05) is 6.61 Å². The third kappa shape index (κ3) is 3.60. The van der Waals surface area contributed by atoms with E-state index in [1.54, 1.807) is 0 Å². The lowest BCUT2D eigenvalue weighted by molar-refractivity contribution is 0.156. The highest BCUT2D eigenvalue weighted by molar-refractivity contribution is 5.41. The third-order valence-corrected chi connectivity index (χ3v) is 5.91. The molecule has 0 saturated carbocycles. The number of hydrogen-bond acceptors (Lipinski definition) is 2. The molecule has 0 aromatic heterocycles. The van der Waals surface area contributed by atoms with Crippen LogP contribution in [0.1, 0.15) is 74.1 Å². The van der Waals surface area contributed by atoms with Crippen molar-refractivity contribution < 1.29 is 9.47 Å². The van der Waals surface area contributed by atoms with Crippen LogP contribution in [-0.2, 0) is 12.8 Å². The fourth-order valence-electron chi connectivity index (χ4n) is 4.18. The van der Waals surface area contributed by atoms with Crippen LogP contribution in [0.3, 0.4) is 0 Å². The average Bonchev–Trinajstić information content (AvgIpc) is 2.67. The predicted molar refractivity (Wildman–Crippen MR) is 107 cm³/mol. The Balaban J connectivity index is 1.45. The second-order valence-electron chi connectivity index (χ2n) is 8.26. The van der Waals surface area contributed by atoms with E-state index in [9.17, 15) is 0 Å². The minimum absolute atomic E-state index is 0.312. The van der Waals surface area contributed by atoms with Gasteiger partial charge in [-0.3, -0.25) is 0 Å². The summed E-state index contributed by atoms with van der Waals surface area (Å²) in [6.45, 7) is 7.66. The molecule has 0 radical (unpaired) electrons. The molecule has 0 fully saturated rings. The molecule has 2 unspecified atom stereocenters. The molecular weight excluding hydrogens is 320 g/mol. The fourth-order valence-corrected chi connectivity index (χ4v) is 4.18. The first-order valence-corrected chi connectivity index (χ1v) is 10.1. The van der Waals surface area contributed by atoms with E-state index in [0.717, 1.165) is 50.2 Å². The first kappa shape index (κ1) is 17.5. The summed E-state index contributed by atoms with van der Waals surface area (Å²) in [6.07, 6.45) is 5.90. The van der Waals surface area contributed by atoms with Crippen molar-refractivity contribution in [3.05, 3.63) is 58.7 Å². The molecule has 2 aromatic carbocycles. The summed E-state index contributed by atoms with van der Waals surface area (Å²) in [4.78, 5) is 0. The monoisotopic (exact) mass is 350 g/mol. The second-order valence-corrected chi connectivity index (χ2v) is 8.26. The average molecular weight is 351 g/mol. The molecule has 0 saturated heterocycles. The van der Waals surface area contributed by atoms with Crippen molar-refractivity contribution in [2.45, 2.75) is 70.8 Å². The Labute approximate surface area is 157 Å². The Hall–Kier alpha value is -1.96. The molecule has 2 aromatic rings. The summed E-state index contributed by atoms with van der Waals surface area (Å²) in [6, 6.07) is 13.5. The Bertz CT molecular complexity index is 778. The van der Waals surface area contributed by atoms with Crippen LogP contribution in [0.15, 0.2) is 36.4 Å². The normalized spacial score (nSPS) is 19.9. The zero-order chi connectivity index (χ0) is 18.1. The maximum absolute atomic E-state index is 6.40. The Kier molecular flexibility index (Phi) is 4.93. The lowest BCUT2D eigenvalue weighted by atomic mass is 9.89. The van der Waals surface area contributed by atoms with Gasteiger partial charge in [0.25, 0.3) is 0 Å². The molecule has 26 heavy (non-hydrogen) atoms. The van der Waals surface area contributed by atoms with Crippen LogP contribution in [0.25, 0.3) is 0 Å². The maximum Gasteiger partial charge on any atom is 0.123 e. The van der Waals surface area contributed by atoms with Crippen molar-refractivity contribution >= 4 is 0 Å². The van der Waals surface area contributed by atoms with Gasteiger partial charge in [-0.2, -0.15) is 0 Å². The van der Waals surface area contributed by atoms with Crippen LogP contribution in [0.2, 0.25) is 0 Å². The number of rotatable bonds is 4. The zero-order valence-electron chi connectivity index (χ0n) is 16.3. The highest BCUT2D eigenvalue weighted by Crippen LogP contribution is 2.35. The van der Waals surface area contributed by atoms with Gasteiger partial charge in [0.1, 0.15) is 11.5 Å². The topological polar surface area (TPSA) is 18.5 Å². The van der Waals surface area contributed by atoms with Crippen LogP contribution >= 0.6 is 0 Å². The predicted octanol–water partition coefficient (Wildman–Crippen LogP) is 6.02. The minimum Gasteiger partial charge on any atom is -0.493 e. The molecule has 2 heteroatoms. The van der Waals surface area contributed by atoms with Crippen LogP contribution < -0.4 is 9.47 Å². The van der Waals surface area contributed by atoms with Crippen molar-refractivity contribution in [3.8, 4) is 11.5 Å². The van der Waals surface area contributed by atoms with E-state index in [1.807, 2.05) is 0 Å². The third-order valence-electron chi connectivity index (χ3n) is 5.91. The SMILES string of the molecule is CC(C)c1ccc2c(c1)OC(CC(C)c1ccc3c(c1)CCCO3)CC2. The lowest BCUT2D eigenvalue weighted by Gasteiger charge is -2.29. The Morgan fingerprint density at radius 1 is 0.923 bits per heavy atom. The van der Waals surface area contributed by atoms with Crippen LogP contribution in [0.5, 0.6) is 11.5 Å². The van der Waals surface area contributed by atoms with Gasteiger partial charge in [0.05, 0.1) is 12.7 Å². The molecule has 2 aliphatic rings. The first-order chi connectivity index (χ1) is 12.6. The number of benzene rings is 2. The second kappa shape index (κ2) is 7.34. The molecule has 0 spiro atoms. The molecule has 2 atom stereocenters. The number of ether oxygens (including phenoxy) is 2. The summed E-state index contributed by atoms with van der Waals surface area (Å²) in [5.41, 5.74) is 5.52. The number of aryl methyl sites for hydroxylation is 2. The minimum atomic E-state index is 0.312. The van der Waals surface area contributed by atoms with Crippen molar-refractivity contribution in [1.82, 2.24) is 0 Å². The molecule has 0 aliphatic carbocycles. The van der Waals surface area contributed by atoms with Gasteiger partial charge < -0.3 is 9.47 Å². The molecule has 2 heterocycles. The maximum atomic E-state index is 6.40. The highest BCUT2D eigenvalue weighted by Gasteiger charge is 2.23. The highest BCUT2D eigenvalue weighted by atomic mass is 16.5. The van der Waals surface area contributed by atoms with Gasteiger partial charge >= 0.3 is 0 Å². The van der Waals surface area contributed by atoms with Crippen molar-refractivity contribution in [1.29, 1.82) is 0 Å². The van der Waals surface area contributed by atoms with E-state index < -0.39 is 0 Å². The largest absolute Gasteiger partial charge is 0.493 e. The van der Waals surface area contributed by atoms with Gasteiger partial charge in [0.15, 0.2) is 0 Å². The summed E-state index contributed by atoms with van der Waals surface area (Å²) < 4.78 is 12.2. The molecule has 0 amide bonds. The van der Waals surface area contributed by atoms with Gasteiger partial charge in [0.2, 0.25) is 0 Å². The first-order valence-electron chi connectivity index (χ1n) is 10.1.